The zero-order chi connectivity index (χ0) is 11.8. The van der Waals surface area contributed by atoms with Crippen LogP contribution in [0.15, 0.2) is 11.6 Å². The van der Waals surface area contributed by atoms with Crippen molar-refractivity contribution < 1.29 is 0 Å². The van der Waals surface area contributed by atoms with E-state index in [1.54, 1.807) is 5.57 Å². The molecule has 1 rings (SSSR count). The highest BCUT2D eigenvalue weighted by molar-refractivity contribution is 5.06. The summed E-state index contributed by atoms with van der Waals surface area (Å²) >= 11 is 0. The van der Waals surface area contributed by atoms with E-state index in [0.717, 1.165) is 24.9 Å². The van der Waals surface area contributed by atoms with Crippen LogP contribution in [0.2, 0.25) is 0 Å². The third-order valence-electron chi connectivity index (χ3n) is 3.76. The van der Waals surface area contributed by atoms with Crippen LogP contribution in [0.1, 0.15) is 59.3 Å². The van der Waals surface area contributed by atoms with Crippen molar-refractivity contribution in [3.8, 4) is 0 Å². The third kappa shape index (κ3) is 5.16. The van der Waals surface area contributed by atoms with Crippen molar-refractivity contribution in [3.05, 3.63) is 11.6 Å². The molecule has 1 heteroatoms. The summed E-state index contributed by atoms with van der Waals surface area (Å²) in [5.74, 6) is 1.84. The Morgan fingerprint density at radius 3 is 2.44 bits per heavy atom. The van der Waals surface area contributed by atoms with Crippen molar-refractivity contribution in [1.82, 2.24) is 5.32 Å². The standard InChI is InChI=1S/C15H29N/c1-4-10-16-12-14(5-2)11-15-8-6-13(3)7-9-15/h11,13,15-16H,4-10,12H2,1-3H3. The molecule has 0 heterocycles. The molecule has 0 aromatic rings. The second-order valence-electron chi connectivity index (χ2n) is 5.38. The van der Waals surface area contributed by atoms with Crippen LogP contribution in [0.25, 0.3) is 0 Å². The smallest absolute Gasteiger partial charge is 0.0164 e. The molecule has 0 spiro atoms. The van der Waals surface area contributed by atoms with E-state index in [9.17, 15) is 0 Å². The molecule has 94 valence electrons. The van der Waals surface area contributed by atoms with Crippen LogP contribution in [0.3, 0.4) is 0 Å². The molecule has 0 bridgehead atoms. The molecule has 0 amide bonds. The molecule has 0 atom stereocenters. The van der Waals surface area contributed by atoms with Gasteiger partial charge in [-0.3, -0.25) is 0 Å². The van der Waals surface area contributed by atoms with Crippen molar-refractivity contribution in [2.45, 2.75) is 59.3 Å². The highest BCUT2D eigenvalue weighted by Crippen LogP contribution is 2.29. The number of rotatable bonds is 6. The highest BCUT2D eigenvalue weighted by Gasteiger charge is 2.16. The van der Waals surface area contributed by atoms with Gasteiger partial charge in [0.15, 0.2) is 0 Å². The predicted octanol–water partition coefficient (Wildman–Crippen LogP) is 4.15. The zero-order valence-corrected chi connectivity index (χ0v) is 11.4. The van der Waals surface area contributed by atoms with Gasteiger partial charge in [-0.2, -0.15) is 0 Å². The van der Waals surface area contributed by atoms with Crippen LogP contribution in [0, 0.1) is 11.8 Å². The topological polar surface area (TPSA) is 12.0 Å². The van der Waals surface area contributed by atoms with Crippen LogP contribution in [0.4, 0.5) is 0 Å². The summed E-state index contributed by atoms with van der Waals surface area (Å²) in [7, 11) is 0. The fourth-order valence-electron chi connectivity index (χ4n) is 2.51. The maximum absolute atomic E-state index is 3.52. The molecule has 16 heavy (non-hydrogen) atoms. The average Bonchev–Trinajstić information content (AvgIpc) is 2.31. The first-order valence-corrected chi connectivity index (χ1v) is 7.16. The summed E-state index contributed by atoms with van der Waals surface area (Å²) < 4.78 is 0. The number of nitrogens with one attached hydrogen (secondary N) is 1. The summed E-state index contributed by atoms with van der Waals surface area (Å²) in [6.07, 6.45) is 10.7. The van der Waals surface area contributed by atoms with Crippen molar-refractivity contribution in [2.75, 3.05) is 13.1 Å². The van der Waals surface area contributed by atoms with Crippen molar-refractivity contribution >= 4 is 0 Å². The Morgan fingerprint density at radius 1 is 1.19 bits per heavy atom. The van der Waals surface area contributed by atoms with Crippen LogP contribution in [-0.4, -0.2) is 13.1 Å². The SMILES string of the molecule is CCCNCC(=CC1CCC(C)CC1)CC. The second-order valence-corrected chi connectivity index (χ2v) is 5.38. The Balaban J connectivity index is 2.33. The highest BCUT2D eigenvalue weighted by atomic mass is 14.8. The minimum Gasteiger partial charge on any atom is -0.313 e. The van der Waals surface area contributed by atoms with Crippen LogP contribution < -0.4 is 5.32 Å². The second kappa shape index (κ2) is 7.89. The molecule has 1 nitrogen and oxygen atoms in total. The predicted molar refractivity (Wildman–Crippen MR) is 72.7 cm³/mol. The molecule has 0 aliphatic heterocycles. The molecule has 1 aliphatic rings. The normalized spacial score (nSPS) is 27.1. The lowest BCUT2D eigenvalue weighted by Gasteiger charge is -2.24. The minimum atomic E-state index is 0.870. The summed E-state index contributed by atoms with van der Waals surface area (Å²) in [6.45, 7) is 9.16. The van der Waals surface area contributed by atoms with Gasteiger partial charge in [-0.05, 0) is 44.1 Å². The van der Waals surface area contributed by atoms with E-state index in [1.165, 1.54) is 38.5 Å². The Hall–Kier alpha value is -0.300. The number of hydrogen-bond donors (Lipinski definition) is 1. The zero-order valence-electron chi connectivity index (χ0n) is 11.4. The molecular formula is C15H29N. The maximum Gasteiger partial charge on any atom is 0.0164 e. The Morgan fingerprint density at radius 2 is 1.88 bits per heavy atom. The molecule has 1 fully saturated rings. The first-order chi connectivity index (χ1) is 7.76. The van der Waals surface area contributed by atoms with Gasteiger partial charge in [-0.25, -0.2) is 0 Å². The minimum absolute atomic E-state index is 0.870. The molecule has 0 aromatic carbocycles. The number of allylic oxidation sites excluding steroid dienone is 1. The molecular weight excluding hydrogens is 194 g/mol. The lowest BCUT2D eigenvalue weighted by Crippen LogP contribution is -2.19. The fourth-order valence-corrected chi connectivity index (χ4v) is 2.51. The van der Waals surface area contributed by atoms with Gasteiger partial charge in [0, 0.05) is 6.54 Å². The Kier molecular flexibility index (Phi) is 6.79. The van der Waals surface area contributed by atoms with Gasteiger partial charge in [0.25, 0.3) is 0 Å². The van der Waals surface area contributed by atoms with E-state index in [4.69, 9.17) is 0 Å². The van der Waals surface area contributed by atoms with E-state index in [2.05, 4.69) is 32.2 Å². The average molecular weight is 223 g/mol. The maximum atomic E-state index is 3.52. The molecule has 1 aliphatic carbocycles. The van der Waals surface area contributed by atoms with Gasteiger partial charge in [-0.1, -0.05) is 45.3 Å². The van der Waals surface area contributed by atoms with Crippen molar-refractivity contribution in [3.63, 3.8) is 0 Å². The molecule has 0 radical (unpaired) electrons. The number of hydrogen-bond acceptors (Lipinski definition) is 1. The lowest BCUT2D eigenvalue weighted by atomic mass is 9.82. The molecule has 0 saturated heterocycles. The summed E-state index contributed by atoms with van der Waals surface area (Å²) in [5, 5.41) is 3.52. The van der Waals surface area contributed by atoms with E-state index >= 15 is 0 Å². The molecule has 0 aromatic heterocycles. The van der Waals surface area contributed by atoms with E-state index in [0.29, 0.717) is 0 Å². The third-order valence-corrected chi connectivity index (χ3v) is 3.76. The van der Waals surface area contributed by atoms with Crippen LogP contribution in [-0.2, 0) is 0 Å². The fraction of sp³-hybridized carbons (Fsp3) is 0.867. The summed E-state index contributed by atoms with van der Waals surface area (Å²) in [4.78, 5) is 0. The first kappa shape index (κ1) is 13.8. The molecule has 0 unspecified atom stereocenters. The van der Waals surface area contributed by atoms with Gasteiger partial charge in [0.1, 0.15) is 0 Å². The molecule has 1 N–H and O–H groups in total. The first-order valence-electron chi connectivity index (χ1n) is 7.16. The summed E-state index contributed by atoms with van der Waals surface area (Å²) in [6, 6.07) is 0. The van der Waals surface area contributed by atoms with Gasteiger partial charge in [-0.15, -0.1) is 0 Å². The van der Waals surface area contributed by atoms with Gasteiger partial charge in [0.05, 0.1) is 0 Å². The van der Waals surface area contributed by atoms with Crippen LogP contribution >= 0.6 is 0 Å². The quantitative estimate of drug-likeness (QED) is 0.527. The van der Waals surface area contributed by atoms with E-state index in [-0.39, 0.29) is 0 Å². The van der Waals surface area contributed by atoms with Crippen molar-refractivity contribution in [1.29, 1.82) is 0 Å². The summed E-state index contributed by atoms with van der Waals surface area (Å²) in [5.41, 5.74) is 1.62. The van der Waals surface area contributed by atoms with Gasteiger partial charge in [0.2, 0.25) is 0 Å². The van der Waals surface area contributed by atoms with Crippen LogP contribution in [0.5, 0.6) is 0 Å². The molecule has 1 saturated carbocycles. The van der Waals surface area contributed by atoms with E-state index in [1.807, 2.05) is 0 Å². The largest absolute Gasteiger partial charge is 0.313 e. The monoisotopic (exact) mass is 223 g/mol. The van der Waals surface area contributed by atoms with Gasteiger partial charge >= 0.3 is 0 Å². The Labute approximate surface area is 102 Å². The van der Waals surface area contributed by atoms with Gasteiger partial charge < -0.3 is 5.32 Å². The van der Waals surface area contributed by atoms with Crippen molar-refractivity contribution in [2.24, 2.45) is 11.8 Å². The lowest BCUT2D eigenvalue weighted by molar-refractivity contribution is 0.329. The Bertz CT molecular complexity index is 199. The van der Waals surface area contributed by atoms with E-state index < -0.39 is 0 Å².